The molecule has 3 aromatic rings. The molecular formula is C20H20FN3O4S. The van der Waals surface area contributed by atoms with E-state index in [1.165, 1.54) is 23.5 Å². The second kappa shape index (κ2) is 7.23. The van der Waals surface area contributed by atoms with Gasteiger partial charge in [0.15, 0.2) is 0 Å². The van der Waals surface area contributed by atoms with Crippen molar-refractivity contribution in [1.82, 2.24) is 13.9 Å². The minimum atomic E-state index is -3.77. The molecular weight excluding hydrogens is 397 g/mol. The molecule has 152 valence electrons. The van der Waals surface area contributed by atoms with E-state index in [0.29, 0.717) is 24.9 Å². The molecule has 1 unspecified atom stereocenters. The van der Waals surface area contributed by atoms with Gasteiger partial charge in [-0.2, -0.15) is 4.31 Å². The Bertz CT molecular complexity index is 1190. The molecule has 0 bridgehead atoms. The lowest BCUT2D eigenvalue weighted by Crippen LogP contribution is -2.40. The van der Waals surface area contributed by atoms with Crippen molar-refractivity contribution in [3.8, 4) is 0 Å². The Labute approximate surface area is 167 Å². The molecule has 0 saturated carbocycles. The van der Waals surface area contributed by atoms with Crippen molar-refractivity contribution < 1.29 is 22.7 Å². The molecule has 0 amide bonds. The average Bonchev–Trinajstić information content (AvgIpc) is 3.00. The largest absolute Gasteiger partial charge is 0.480 e. The lowest BCUT2D eigenvalue weighted by Gasteiger charge is -2.31. The van der Waals surface area contributed by atoms with Gasteiger partial charge in [0, 0.05) is 30.4 Å². The fourth-order valence-corrected chi connectivity index (χ4v) is 5.42. The highest BCUT2D eigenvalue weighted by Crippen LogP contribution is 2.34. The summed E-state index contributed by atoms with van der Waals surface area (Å²) in [7, 11) is -2.24. The number of aliphatic carboxylic acids is 1. The summed E-state index contributed by atoms with van der Waals surface area (Å²) in [5.74, 6) is -1.44. The summed E-state index contributed by atoms with van der Waals surface area (Å²) in [6, 6.07) is 8.17. The van der Waals surface area contributed by atoms with Gasteiger partial charge in [-0.25, -0.2) is 17.8 Å². The van der Waals surface area contributed by atoms with Crippen LogP contribution in [0.5, 0.6) is 0 Å². The fraction of sp³-hybridized carbons (Fsp3) is 0.300. The lowest BCUT2D eigenvalue weighted by molar-refractivity contribution is -0.137. The van der Waals surface area contributed by atoms with Crippen LogP contribution in [0, 0.1) is 5.82 Å². The molecule has 9 heteroatoms. The Morgan fingerprint density at radius 3 is 2.72 bits per heavy atom. The molecule has 0 spiro atoms. The summed E-state index contributed by atoms with van der Waals surface area (Å²) in [6.45, 7) is -0.183. The van der Waals surface area contributed by atoms with Gasteiger partial charge in [0.2, 0.25) is 10.0 Å². The first kappa shape index (κ1) is 19.5. The number of hydrogen-bond donors (Lipinski definition) is 1. The third kappa shape index (κ3) is 3.40. The first-order valence-corrected chi connectivity index (χ1v) is 10.6. The molecule has 0 fully saturated rings. The monoisotopic (exact) mass is 417 g/mol. The van der Waals surface area contributed by atoms with Gasteiger partial charge in [-0.05, 0) is 61.2 Å². The number of pyridine rings is 1. The molecule has 2 heterocycles. The molecule has 7 nitrogen and oxygen atoms in total. The summed E-state index contributed by atoms with van der Waals surface area (Å²) in [6.07, 6.45) is 3.18. The maximum atomic E-state index is 13.2. The zero-order chi connectivity index (χ0) is 20.8. The van der Waals surface area contributed by atoms with Gasteiger partial charge in [0.05, 0.1) is 4.90 Å². The van der Waals surface area contributed by atoms with Crippen LogP contribution < -0.4 is 0 Å². The van der Waals surface area contributed by atoms with Crippen LogP contribution in [0.2, 0.25) is 0 Å². The number of carboxylic acid groups (broad SMARTS) is 1. The number of carbonyl (C=O) groups is 1. The smallest absolute Gasteiger partial charge is 0.323 e. The number of rotatable bonds is 5. The third-order valence-corrected chi connectivity index (χ3v) is 7.42. The number of fused-ring (bicyclic) bond motifs is 3. The van der Waals surface area contributed by atoms with E-state index in [1.807, 2.05) is 6.07 Å². The van der Waals surface area contributed by atoms with E-state index in [-0.39, 0.29) is 17.5 Å². The number of sulfonamides is 1. The standard InChI is InChI=1S/C20H20FN3O4S/c1-23(29(27,28)15-7-4-13(21)5-8-15)14-6-9-18-17(11-14)16-3-2-10-22-20(16)24(18)12-19(25)26/h2-5,7-8,10,14H,6,9,11-12H2,1H3,(H,25,26). The van der Waals surface area contributed by atoms with Crippen LogP contribution in [-0.2, 0) is 34.2 Å². The third-order valence-electron chi connectivity index (χ3n) is 5.49. The van der Waals surface area contributed by atoms with Crippen molar-refractivity contribution in [2.24, 2.45) is 0 Å². The normalized spacial score (nSPS) is 16.9. The minimum absolute atomic E-state index is 0.0437. The summed E-state index contributed by atoms with van der Waals surface area (Å²) in [5.41, 5.74) is 2.43. The Balaban J connectivity index is 1.70. The lowest BCUT2D eigenvalue weighted by atomic mass is 9.91. The molecule has 1 aliphatic carbocycles. The first-order chi connectivity index (χ1) is 13.8. The number of hydrogen-bond acceptors (Lipinski definition) is 4. The van der Waals surface area contributed by atoms with Crippen molar-refractivity contribution >= 4 is 27.0 Å². The van der Waals surface area contributed by atoms with E-state index < -0.39 is 21.8 Å². The Morgan fingerprint density at radius 2 is 2.03 bits per heavy atom. The molecule has 1 aliphatic rings. The zero-order valence-corrected chi connectivity index (χ0v) is 16.6. The number of benzene rings is 1. The maximum absolute atomic E-state index is 13.2. The number of halogens is 1. The van der Waals surface area contributed by atoms with Gasteiger partial charge in [-0.1, -0.05) is 0 Å². The van der Waals surface area contributed by atoms with Crippen LogP contribution in [0.15, 0.2) is 47.5 Å². The summed E-state index contributed by atoms with van der Waals surface area (Å²) in [4.78, 5) is 15.7. The summed E-state index contributed by atoms with van der Waals surface area (Å²) < 4.78 is 42.2. The molecule has 0 aliphatic heterocycles. The predicted molar refractivity (Wildman–Crippen MR) is 105 cm³/mol. The number of aromatic nitrogens is 2. The van der Waals surface area contributed by atoms with Crippen molar-refractivity contribution in [2.45, 2.75) is 36.7 Å². The van der Waals surface area contributed by atoms with Gasteiger partial charge in [-0.15, -0.1) is 0 Å². The van der Waals surface area contributed by atoms with E-state index in [1.54, 1.807) is 16.8 Å². The fourth-order valence-electron chi connectivity index (χ4n) is 4.03. The number of likely N-dealkylation sites (N-methyl/N-ethyl adjacent to an activating group) is 1. The first-order valence-electron chi connectivity index (χ1n) is 9.19. The van der Waals surface area contributed by atoms with E-state index in [9.17, 15) is 22.7 Å². The van der Waals surface area contributed by atoms with Gasteiger partial charge >= 0.3 is 5.97 Å². The highest BCUT2D eigenvalue weighted by molar-refractivity contribution is 7.89. The maximum Gasteiger partial charge on any atom is 0.323 e. The molecule has 0 radical (unpaired) electrons. The molecule has 4 rings (SSSR count). The minimum Gasteiger partial charge on any atom is -0.480 e. The van der Waals surface area contributed by atoms with Crippen molar-refractivity contribution in [1.29, 1.82) is 0 Å². The van der Waals surface area contributed by atoms with Crippen LogP contribution in [0.1, 0.15) is 17.7 Å². The number of nitrogens with zero attached hydrogens (tertiary/aromatic N) is 3. The van der Waals surface area contributed by atoms with Crippen LogP contribution in [0.4, 0.5) is 4.39 Å². The SMILES string of the molecule is CN(C1CCc2c(c3cccnc3n2CC(=O)O)C1)S(=O)(=O)c1ccc(F)cc1. The summed E-state index contributed by atoms with van der Waals surface area (Å²) in [5, 5.41) is 10.1. The molecule has 1 atom stereocenters. The van der Waals surface area contributed by atoms with Gasteiger partial charge in [0.1, 0.15) is 18.0 Å². The summed E-state index contributed by atoms with van der Waals surface area (Å²) >= 11 is 0. The Kier molecular flexibility index (Phi) is 4.87. The molecule has 1 aromatic carbocycles. The second-order valence-electron chi connectivity index (χ2n) is 7.15. The van der Waals surface area contributed by atoms with Crippen LogP contribution in [0.3, 0.4) is 0 Å². The second-order valence-corrected chi connectivity index (χ2v) is 9.15. The Morgan fingerprint density at radius 1 is 1.31 bits per heavy atom. The highest BCUT2D eigenvalue weighted by atomic mass is 32.2. The zero-order valence-electron chi connectivity index (χ0n) is 15.7. The quantitative estimate of drug-likeness (QED) is 0.688. The van der Waals surface area contributed by atoms with E-state index in [4.69, 9.17) is 0 Å². The van der Waals surface area contributed by atoms with Crippen LogP contribution in [-0.4, -0.2) is 46.4 Å². The van der Waals surface area contributed by atoms with Gasteiger partial charge < -0.3 is 9.67 Å². The predicted octanol–water partition coefficient (Wildman–Crippen LogP) is 2.44. The van der Waals surface area contributed by atoms with Crippen molar-refractivity contribution in [3.05, 3.63) is 59.7 Å². The van der Waals surface area contributed by atoms with Crippen molar-refractivity contribution in [2.75, 3.05) is 7.05 Å². The molecule has 29 heavy (non-hydrogen) atoms. The van der Waals surface area contributed by atoms with E-state index >= 15 is 0 Å². The average molecular weight is 417 g/mol. The van der Waals surface area contributed by atoms with Gasteiger partial charge in [0.25, 0.3) is 0 Å². The van der Waals surface area contributed by atoms with Crippen LogP contribution >= 0.6 is 0 Å². The molecule has 0 saturated heterocycles. The highest BCUT2D eigenvalue weighted by Gasteiger charge is 2.33. The molecule has 1 N–H and O–H groups in total. The topological polar surface area (TPSA) is 92.5 Å². The number of carboxylic acids is 1. The Hall–Kier alpha value is -2.78. The molecule has 2 aromatic heterocycles. The van der Waals surface area contributed by atoms with Gasteiger partial charge in [-0.3, -0.25) is 4.79 Å². The van der Waals surface area contributed by atoms with E-state index in [0.717, 1.165) is 28.8 Å². The van der Waals surface area contributed by atoms with E-state index in [2.05, 4.69) is 4.98 Å². The van der Waals surface area contributed by atoms with Crippen LogP contribution in [0.25, 0.3) is 11.0 Å². The van der Waals surface area contributed by atoms with Crippen molar-refractivity contribution in [3.63, 3.8) is 0 Å².